The van der Waals surface area contributed by atoms with E-state index in [2.05, 4.69) is 22.9 Å². The van der Waals surface area contributed by atoms with Gasteiger partial charge in [-0.15, -0.1) is 0 Å². The van der Waals surface area contributed by atoms with Gasteiger partial charge in [0.2, 0.25) is 0 Å². The van der Waals surface area contributed by atoms with E-state index in [9.17, 15) is 29.3 Å². The SMILES string of the molecule is CCCCCCCCCCCCCC(=O)OC[C@@H](O)COP(=O)([O-])OC[C@@H](O)COC(=O)CCCCCCCCCCCCC. The number of carbonyl (C=O) groups excluding carboxylic acids is 2. The molecule has 0 aliphatic heterocycles. The second kappa shape index (κ2) is 31.6. The van der Waals surface area contributed by atoms with E-state index in [4.69, 9.17) is 9.47 Å². The zero-order valence-electron chi connectivity index (χ0n) is 28.6. The molecular weight excluding hydrogens is 599 g/mol. The summed E-state index contributed by atoms with van der Waals surface area (Å²) in [6.07, 6.45) is 23.6. The average Bonchev–Trinajstić information content (AvgIpc) is 3.02. The highest BCUT2D eigenvalue weighted by Gasteiger charge is 2.18. The van der Waals surface area contributed by atoms with E-state index in [1.165, 1.54) is 89.9 Å². The first-order valence-corrected chi connectivity index (χ1v) is 19.4. The normalized spacial score (nSPS) is 14.2. The van der Waals surface area contributed by atoms with Crippen LogP contribution in [0.2, 0.25) is 0 Å². The Kier molecular flexibility index (Phi) is 30.8. The molecule has 1 unspecified atom stereocenters. The van der Waals surface area contributed by atoms with Crippen molar-refractivity contribution in [3.8, 4) is 0 Å². The zero-order valence-corrected chi connectivity index (χ0v) is 29.5. The van der Waals surface area contributed by atoms with Crippen molar-refractivity contribution in [3.05, 3.63) is 0 Å². The van der Waals surface area contributed by atoms with Crippen LogP contribution >= 0.6 is 7.82 Å². The summed E-state index contributed by atoms with van der Waals surface area (Å²) in [5.41, 5.74) is 0. The molecule has 0 aromatic heterocycles. The summed E-state index contributed by atoms with van der Waals surface area (Å²) in [5, 5.41) is 19.8. The minimum atomic E-state index is -4.83. The highest BCUT2D eigenvalue weighted by molar-refractivity contribution is 7.45. The van der Waals surface area contributed by atoms with Gasteiger partial charge in [-0.2, -0.15) is 0 Å². The second-order valence-electron chi connectivity index (χ2n) is 12.3. The minimum Gasteiger partial charge on any atom is -0.756 e. The molecule has 10 nitrogen and oxygen atoms in total. The van der Waals surface area contributed by atoms with Gasteiger partial charge >= 0.3 is 11.9 Å². The molecule has 0 aromatic carbocycles. The van der Waals surface area contributed by atoms with Crippen molar-refractivity contribution in [3.63, 3.8) is 0 Å². The Morgan fingerprint density at radius 2 is 0.778 bits per heavy atom. The van der Waals surface area contributed by atoms with Gasteiger partial charge in [0.25, 0.3) is 7.82 Å². The van der Waals surface area contributed by atoms with Crippen LogP contribution in [0.15, 0.2) is 0 Å². The Labute approximate surface area is 273 Å². The number of ether oxygens (including phenoxy) is 2. The number of phosphoric acid groups is 1. The lowest BCUT2D eigenvalue weighted by Crippen LogP contribution is -2.27. The molecule has 2 N–H and O–H groups in total. The Hall–Kier alpha value is -1.03. The van der Waals surface area contributed by atoms with Crippen LogP contribution in [0.5, 0.6) is 0 Å². The number of hydrogen-bond acceptors (Lipinski definition) is 10. The molecule has 11 heteroatoms. The summed E-state index contributed by atoms with van der Waals surface area (Å²) < 4.78 is 31.1. The zero-order chi connectivity index (χ0) is 33.4. The molecule has 0 fully saturated rings. The van der Waals surface area contributed by atoms with E-state index in [0.29, 0.717) is 12.8 Å². The number of hydrogen-bond donors (Lipinski definition) is 2. The molecule has 0 aliphatic rings. The number of aliphatic hydroxyl groups is 2. The van der Waals surface area contributed by atoms with Gasteiger partial charge in [-0.25, -0.2) is 0 Å². The van der Waals surface area contributed by atoms with E-state index >= 15 is 0 Å². The largest absolute Gasteiger partial charge is 0.756 e. The maximum absolute atomic E-state index is 11.9. The molecule has 0 heterocycles. The van der Waals surface area contributed by atoms with Crippen molar-refractivity contribution < 1.29 is 47.8 Å². The molecular formula is C34H66O10P-. The van der Waals surface area contributed by atoms with Gasteiger partial charge in [0, 0.05) is 12.8 Å². The number of aliphatic hydroxyl groups excluding tert-OH is 2. The van der Waals surface area contributed by atoms with E-state index in [0.717, 1.165) is 38.5 Å². The summed E-state index contributed by atoms with van der Waals surface area (Å²) in [6, 6.07) is 0. The van der Waals surface area contributed by atoms with Crippen molar-refractivity contribution in [2.45, 2.75) is 180 Å². The molecule has 0 amide bonds. The minimum absolute atomic E-state index is 0.246. The van der Waals surface area contributed by atoms with Crippen molar-refractivity contribution in [1.29, 1.82) is 0 Å². The average molecular weight is 666 g/mol. The fourth-order valence-corrected chi connectivity index (χ4v) is 5.66. The van der Waals surface area contributed by atoms with Crippen molar-refractivity contribution in [1.82, 2.24) is 0 Å². The van der Waals surface area contributed by atoms with Gasteiger partial charge in [0.1, 0.15) is 25.4 Å². The number of carbonyl (C=O) groups is 2. The predicted molar refractivity (Wildman–Crippen MR) is 176 cm³/mol. The molecule has 0 aliphatic carbocycles. The number of rotatable bonds is 34. The van der Waals surface area contributed by atoms with Crippen LogP contribution in [-0.4, -0.2) is 60.8 Å². The third-order valence-electron chi connectivity index (χ3n) is 7.69. The quantitative estimate of drug-likeness (QED) is 0.0397. The van der Waals surface area contributed by atoms with Crippen LogP contribution in [-0.2, 0) is 32.7 Å². The molecule has 0 radical (unpaired) electrons. The summed E-state index contributed by atoms with van der Waals surface area (Å²) in [6.45, 7) is 2.33. The van der Waals surface area contributed by atoms with E-state index in [1.54, 1.807) is 0 Å². The van der Waals surface area contributed by atoms with Gasteiger partial charge < -0.3 is 33.6 Å². The summed E-state index contributed by atoms with van der Waals surface area (Å²) in [5.74, 6) is -0.902. The van der Waals surface area contributed by atoms with E-state index < -0.39 is 58.4 Å². The Morgan fingerprint density at radius 3 is 1.07 bits per heavy atom. The van der Waals surface area contributed by atoms with Crippen LogP contribution in [0, 0.1) is 0 Å². The fourth-order valence-electron chi connectivity index (χ4n) is 4.88. The molecule has 0 spiro atoms. The molecule has 3 atom stereocenters. The first-order chi connectivity index (χ1) is 21.7. The lowest BCUT2D eigenvalue weighted by Gasteiger charge is -2.25. The van der Waals surface area contributed by atoms with Crippen LogP contribution in [0.3, 0.4) is 0 Å². The van der Waals surface area contributed by atoms with Crippen molar-refractivity contribution in [2.75, 3.05) is 26.4 Å². The van der Waals surface area contributed by atoms with Crippen LogP contribution in [0.1, 0.15) is 168 Å². The van der Waals surface area contributed by atoms with Gasteiger partial charge in [-0.05, 0) is 12.8 Å². The van der Waals surface area contributed by atoms with Crippen LogP contribution < -0.4 is 4.89 Å². The summed E-state index contributed by atoms with van der Waals surface area (Å²) in [7, 11) is -4.83. The van der Waals surface area contributed by atoms with Crippen LogP contribution in [0.25, 0.3) is 0 Å². The first kappa shape index (κ1) is 44.0. The van der Waals surface area contributed by atoms with Crippen LogP contribution in [0.4, 0.5) is 0 Å². The van der Waals surface area contributed by atoms with Gasteiger partial charge in [-0.1, -0.05) is 142 Å². The topological polar surface area (TPSA) is 152 Å². The Bertz CT molecular complexity index is 680. The standard InChI is InChI=1S/C34H67O10P/c1-3-5-7-9-11-13-15-17-19-21-23-25-33(37)41-27-31(35)29-43-45(39,40)44-30-32(36)28-42-34(38)26-24-22-20-18-16-14-12-10-8-6-4-2/h31-32,35-36H,3-30H2,1-2H3,(H,39,40)/p-1/t31-,32+. The number of esters is 2. The van der Waals surface area contributed by atoms with Gasteiger partial charge in [0.05, 0.1) is 13.2 Å². The highest BCUT2D eigenvalue weighted by Crippen LogP contribution is 2.38. The molecule has 0 rings (SSSR count). The van der Waals surface area contributed by atoms with Crippen molar-refractivity contribution in [2.24, 2.45) is 0 Å². The van der Waals surface area contributed by atoms with E-state index in [1.807, 2.05) is 0 Å². The summed E-state index contributed by atoms with van der Waals surface area (Å²) >= 11 is 0. The Balaban J connectivity index is 3.73. The monoisotopic (exact) mass is 665 g/mol. The Morgan fingerprint density at radius 1 is 0.511 bits per heavy atom. The van der Waals surface area contributed by atoms with Gasteiger partial charge in [0.15, 0.2) is 0 Å². The molecule has 45 heavy (non-hydrogen) atoms. The fraction of sp³-hybridized carbons (Fsp3) is 0.941. The highest BCUT2D eigenvalue weighted by atomic mass is 31.2. The number of phosphoric ester groups is 1. The third-order valence-corrected chi connectivity index (χ3v) is 8.62. The van der Waals surface area contributed by atoms with E-state index in [-0.39, 0.29) is 12.8 Å². The maximum atomic E-state index is 11.9. The third kappa shape index (κ3) is 32.7. The van der Waals surface area contributed by atoms with Gasteiger partial charge in [-0.3, -0.25) is 14.2 Å². The molecule has 0 bridgehead atoms. The van der Waals surface area contributed by atoms with Crippen molar-refractivity contribution >= 4 is 19.8 Å². The summed E-state index contributed by atoms with van der Waals surface area (Å²) in [4.78, 5) is 35.7. The lowest BCUT2D eigenvalue weighted by atomic mass is 10.1. The smallest absolute Gasteiger partial charge is 0.305 e. The molecule has 0 saturated heterocycles. The number of unbranched alkanes of at least 4 members (excludes halogenated alkanes) is 20. The predicted octanol–water partition coefficient (Wildman–Crippen LogP) is 7.70. The first-order valence-electron chi connectivity index (χ1n) is 18.0. The molecule has 0 aromatic rings. The molecule has 268 valence electrons. The molecule has 0 saturated carbocycles. The second-order valence-corrected chi connectivity index (χ2v) is 13.7. The lowest BCUT2D eigenvalue weighted by molar-refractivity contribution is -0.229. The maximum Gasteiger partial charge on any atom is 0.305 e.